The molecule has 2 unspecified atom stereocenters. The van der Waals surface area contributed by atoms with Gasteiger partial charge in [0.1, 0.15) is 0 Å². The molecular formula is C12H25NO2. The van der Waals surface area contributed by atoms with Crippen molar-refractivity contribution in [2.45, 2.75) is 58.5 Å². The summed E-state index contributed by atoms with van der Waals surface area (Å²) in [5.74, 6) is 0. The van der Waals surface area contributed by atoms with Crippen molar-refractivity contribution in [1.29, 1.82) is 0 Å². The van der Waals surface area contributed by atoms with E-state index in [4.69, 9.17) is 9.47 Å². The summed E-state index contributed by atoms with van der Waals surface area (Å²) in [6.45, 7) is 10.2. The highest BCUT2D eigenvalue weighted by atomic mass is 16.5. The first-order valence-electron chi connectivity index (χ1n) is 5.96. The van der Waals surface area contributed by atoms with Crippen LogP contribution in [0.3, 0.4) is 0 Å². The first-order chi connectivity index (χ1) is 6.99. The average molecular weight is 215 g/mol. The summed E-state index contributed by atoms with van der Waals surface area (Å²) in [4.78, 5) is 2.34. The molecule has 0 N–H and O–H groups in total. The molecule has 1 aliphatic heterocycles. The fourth-order valence-electron chi connectivity index (χ4n) is 2.01. The predicted molar refractivity (Wildman–Crippen MR) is 62.1 cm³/mol. The van der Waals surface area contributed by atoms with Crippen LogP contribution in [0.2, 0.25) is 0 Å². The van der Waals surface area contributed by atoms with Gasteiger partial charge in [-0.05, 0) is 41.2 Å². The van der Waals surface area contributed by atoms with E-state index in [1.807, 2.05) is 0 Å². The van der Waals surface area contributed by atoms with Crippen molar-refractivity contribution in [1.82, 2.24) is 4.90 Å². The minimum absolute atomic E-state index is 0.323. The number of likely N-dealkylation sites (tertiary alicyclic amines) is 1. The average Bonchev–Trinajstić information content (AvgIpc) is 2.41. The van der Waals surface area contributed by atoms with Crippen molar-refractivity contribution in [3.63, 3.8) is 0 Å². The number of hydrogen-bond donors (Lipinski definition) is 0. The van der Waals surface area contributed by atoms with E-state index >= 15 is 0 Å². The van der Waals surface area contributed by atoms with Crippen LogP contribution in [0.1, 0.15) is 34.1 Å². The molecular weight excluding hydrogens is 190 g/mol. The second-order valence-electron chi connectivity index (χ2n) is 5.02. The van der Waals surface area contributed by atoms with Gasteiger partial charge in [-0.25, -0.2) is 0 Å². The van der Waals surface area contributed by atoms with Crippen molar-refractivity contribution in [3.8, 4) is 0 Å². The molecule has 2 atom stereocenters. The van der Waals surface area contributed by atoms with Gasteiger partial charge in [-0.15, -0.1) is 0 Å². The van der Waals surface area contributed by atoms with E-state index in [0.29, 0.717) is 24.4 Å². The zero-order chi connectivity index (χ0) is 11.4. The van der Waals surface area contributed by atoms with Gasteiger partial charge in [-0.2, -0.15) is 0 Å². The lowest BCUT2D eigenvalue weighted by Crippen LogP contribution is -2.30. The Balaban J connectivity index is 2.29. The Labute approximate surface area is 93.7 Å². The van der Waals surface area contributed by atoms with Crippen molar-refractivity contribution < 1.29 is 9.47 Å². The third-order valence-corrected chi connectivity index (χ3v) is 2.74. The molecule has 0 bridgehead atoms. The van der Waals surface area contributed by atoms with Crippen LogP contribution in [0.4, 0.5) is 0 Å². The third kappa shape index (κ3) is 4.49. The maximum Gasteiger partial charge on any atom is 0.0721 e. The Hall–Kier alpha value is -0.120. The summed E-state index contributed by atoms with van der Waals surface area (Å²) in [6, 6.07) is 0.524. The van der Waals surface area contributed by atoms with E-state index in [9.17, 15) is 0 Å². The SMILES string of the molecule is CC(C)OCC1CC(OC(C)C)CN1C. The molecule has 0 aromatic carbocycles. The second-order valence-corrected chi connectivity index (χ2v) is 5.02. The van der Waals surface area contributed by atoms with E-state index < -0.39 is 0 Å². The van der Waals surface area contributed by atoms with Crippen molar-refractivity contribution in [3.05, 3.63) is 0 Å². The molecule has 0 amide bonds. The minimum Gasteiger partial charge on any atom is -0.377 e. The summed E-state index contributed by atoms with van der Waals surface area (Å²) in [7, 11) is 2.15. The van der Waals surface area contributed by atoms with Gasteiger partial charge in [0.2, 0.25) is 0 Å². The molecule has 1 rings (SSSR count). The monoisotopic (exact) mass is 215 g/mol. The molecule has 1 saturated heterocycles. The predicted octanol–water partition coefficient (Wildman–Crippen LogP) is 1.91. The van der Waals surface area contributed by atoms with Crippen molar-refractivity contribution >= 4 is 0 Å². The summed E-state index contributed by atoms with van der Waals surface area (Å²) >= 11 is 0. The van der Waals surface area contributed by atoms with Crippen LogP contribution in [0.25, 0.3) is 0 Å². The Kier molecular flexibility index (Phi) is 5.03. The molecule has 0 spiro atoms. The normalized spacial score (nSPS) is 28.2. The maximum absolute atomic E-state index is 5.82. The van der Waals surface area contributed by atoms with E-state index in [-0.39, 0.29) is 0 Å². The zero-order valence-electron chi connectivity index (χ0n) is 10.7. The quantitative estimate of drug-likeness (QED) is 0.699. The molecule has 0 aromatic heterocycles. The molecule has 0 saturated carbocycles. The minimum atomic E-state index is 0.323. The largest absolute Gasteiger partial charge is 0.377 e. The Bertz CT molecular complexity index is 182. The fourth-order valence-corrected chi connectivity index (χ4v) is 2.01. The molecule has 15 heavy (non-hydrogen) atoms. The summed E-state index contributed by atoms with van der Waals surface area (Å²) in [5, 5.41) is 0. The lowest BCUT2D eigenvalue weighted by atomic mass is 10.2. The number of ether oxygens (including phenoxy) is 2. The number of hydrogen-bond acceptors (Lipinski definition) is 3. The second kappa shape index (κ2) is 5.83. The highest BCUT2D eigenvalue weighted by Gasteiger charge is 2.30. The Morgan fingerprint density at radius 2 is 1.87 bits per heavy atom. The summed E-state index contributed by atoms with van der Waals surface area (Å²) < 4.78 is 11.5. The molecule has 1 fully saturated rings. The van der Waals surface area contributed by atoms with Gasteiger partial charge < -0.3 is 9.47 Å². The lowest BCUT2D eigenvalue weighted by Gasteiger charge is -2.19. The van der Waals surface area contributed by atoms with Crippen LogP contribution in [-0.4, -0.2) is 49.5 Å². The Morgan fingerprint density at radius 3 is 2.40 bits per heavy atom. The molecule has 0 aliphatic carbocycles. The van der Waals surface area contributed by atoms with Gasteiger partial charge in [0.05, 0.1) is 24.9 Å². The molecule has 3 nitrogen and oxygen atoms in total. The standard InChI is InChI=1S/C12H25NO2/c1-9(2)14-8-11-6-12(7-13(11)5)15-10(3)4/h9-12H,6-8H2,1-5H3. The van der Waals surface area contributed by atoms with Gasteiger partial charge in [0.25, 0.3) is 0 Å². The van der Waals surface area contributed by atoms with E-state index in [2.05, 4.69) is 39.6 Å². The van der Waals surface area contributed by atoms with Crippen LogP contribution >= 0.6 is 0 Å². The number of likely N-dealkylation sites (N-methyl/N-ethyl adjacent to an activating group) is 1. The summed E-state index contributed by atoms with van der Waals surface area (Å²) in [5.41, 5.74) is 0. The van der Waals surface area contributed by atoms with E-state index in [0.717, 1.165) is 19.6 Å². The van der Waals surface area contributed by atoms with E-state index in [1.54, 1.807) is 0 Å². The van der Waals surface area contributed by atoms with Gasteiger partial charge in [-0.1, -0.05) is 0 Å². The molecule has 1 aliphatic rings. The van der Waals surface area contributed by atoms with Crippen molar-refractivity contribution in [2.75, 3.05) is 20.2 Å². The van der Waals surface area contributed by atoms with Gasteiger partial charge in [0.15, 0.2) is 0 Å². The van der Waals surface area contributed by atoms with Crippen LogP contribution in [-0.2, 0) is 9.47 Å². The van der Waals surface area contributed by atoms with Crippen molar-refractivity contribution in [2.24, 2.45) is 0 Å². The van der Waals surface area contributed by atoms with Crippen LogP contribution in [0.15, 0.2) is 0 Å². The number of nitrogens with zero attached hydrogens (tertiary/aromatic N) is 1. The number of rotatable bonds is 5. The zero-order valence-corrected chi connectivity index (χ0v) is 10.7. The highest BCUT2D eigenvalue weighted by Crippen LogP contribution is 2.20. The molecule has 0 radical (unpaired) electrons. The third-order valence-electron chi connectivity index (χ3n) is 2.74. The van der Waals surface area contributed by atoms with Crippen LogP contribution in [0.5, 0.6) is 0 Å². The fraction of sp³-hybridized carbons (Fsp3) is 1.00. The molecule has 90 valence electrons. The lowest BCUT2D eigenvalue weighted by molar-refractivity contribution is 0.0133. The smallest absolute Gasteiger partial charge is 0.0721 e. The molecule has 1 heterocycles. The highest BCUT2D eigenvalue weighted by molar-refractivity contribution is 4.84. The van der Waals surface area contributed by atoms with E-state index in [1.165, 1.54) is 0 Å². The first-order valence-corrected chi connectivity index (χ1v) is 5.96. The summed E-state index contributed by atoms with van der Waals surface area (Å²) in [6.07, 6.45) is 2.13. The van der Waals surface area contributed by atoms with Gasteiger partial charge in [-0.3, -0.25) is 4.90 Å². The Morgan fingerprint density at radius 1 is 1.20 bits per heavy atom. The maximum atomic E-state index is 5.82. The first kappa shape index (κ1) is 12.9. The van der Waals surface area contributed by atoms with Crippen LogP contribution < -0.4 is 0 Å². The van der Waals surface area contributed by atoms with Gasteiger partial charge in [0, 0.05) is 12.6 Å². The topological polar surface area (TPSA) is 21.7 Å². The van der Waals surface area contributed by atoms with Gasteiger partial charge >= 0.3 is 0 Å². The molecule has 0 aromatic rings. The molecule has 3 heteroatoms. The van der Waals surface area contributed by atoms with Crippen LogP contribution in [0, 0.1) is 0 Å².